The molecule has 0 aromatic heterocycles. The van der Waals surface area contributed by atoms with Gasteiger partial charge in [0.25, 0.3) is 0 Å². The lowest BCUT2D eigenvalue weighted by Crippen LogP contribution is -2.37. The molecule has 20 heavy (non-hydrogen) atoms. The molecule has 0 aliphatic heterocycles. The molecule has 2 nitrogen and oxygen atoms in total. The molecular weight excluding hydrogens is 246 g/mol. The molecule has 0 fully saturated rings. The quantitative estimate of drug-likeness (QED) is 0.616. The van der Waals surface area contributed by atoms with Gasteiger partial charge in [0.05, 0.1) is 6.61 Å². The summed E-state index contributed by atoms with van der Waals surface area (Å²) in [6.07, 6.45) is 6.28. The van der Waals surface area contributed by atoms with E-state index < -0.39 is 0 Å². The van der Waals surface area contributed by atoms with Crippen LogP contribution in [-0.4, -0.2) is 26.8 Å². The standard InChI is InChI=1S/C18H31NO/c1-4-6-12-18(5-2,16-19-13-14-20-3)15-17-10-8-7-9-11-17/h7-11,19H,4-6,12-16H2,1-3H3. The molecule has 1 unspecified atom stereocenters. The predicted octanol–water partition coefficient (Wildman–Crippen LogP) is 4.05. The molecule has 0 amide bonds. The maximum absolute atomic E-state index is 5.13. The molecule has 0 saturated heterocycles. The molecule has 1 N–H and O–H groups in total. The molecule has 1 aromatic carbocycles. The van der Waals surface area contributed by atoms with Crippen LogP contribution in [0.25, 0.3) is 0 Å². The summed E-state index contributed by atoms with van der Waals surface area (Å²) >= 11 is 0. The van der Waals surface area contributed by atoms with E-state index in [1.54, 1.807) is 7.11 Å². The fourth-order valence-electron chi connectivity index (χ4n) is 2.77. The van der Waals surface area contributed by atoms with Gasteiger partial charge >= 0.3 is 0 Å². The number of hydrogen-bond acceptors (Lipinski definition) is 2. The van der Waals surface area contributed by atoms with Crippen LogP contribution < -0.4 is 5.32 Å². The van der Waals surface area contributed by atoms with Gasteiger partial charge in [-0.2, -0.15) is 0 Å². The zero-order valence-corrected chi connectivity index (χ0v) is 13.5. The van der Waals surface area contributed by atoms with Crippen molar-refractivity contribution < 1.29 is 4.74 Å². The largest absolute Gasteiger partial charge is 0.383 e. The third kappa shape index (κ3) is 6.06. The highest BCUT2D eigenvalue weighted by atomic mass is 16.5. The minimum Gasteiger partial charge on any atom is -0.383 e. The van der Waals surface area contributed by atoms with Gasteiger partial charge in [0.2, 0.25) is 0 Å². The molecule has 0 saturated carbocycles. The van der Waals surface area contributed by atoms with Crippen LogP contribution >= 0.6 is 0 Å². The molecule has 1 rings (SSSR count). The molecular formula is C18H31NO. The van der Waals surface area contributed by atoms with Crippen LogP contribution in [0.4, 0.5) is 0 Å². The Morgan fingerprint density at radius 1 is 1.15 bits per heavy atom. The molecule has 0 aliphatic rings. The average Bonchev–Trinajstić information content (AvgIpc) is 2.50. The van der Waals surface area contributed by atoms with Crippen molar-refractivity contribution in [2.24, 2.45) is 5.41 Å². The Morgan fingerprint density at radius 2 is 1.90 bits per heavy atom. The van der Waals surface area contributed by atoms with Crippen molar-refractivity contribution in [1.29, 1.82) is 0 Å². The SMILES string of the molecule is CCCCC(CC)(CNCCOC)Cc1ccccc1. The number of rotatable bonds is 11. The summed E-state index contributed by atoms with van der Waals surface area (Å²) in [5, 5.41) is 3.58. The van der Waals surface area contributed by atoms with E-state index in [1.165, 1.54) is 37.7 Å². The summed E-state index contributed by atoms with van der Waals surface area (Å²) in [5.41, 5.74) is 1.84. The molecule has 0 spiro atoms. The fraction of sp³-hybridized carbons (Fsp3) is 0.667. The second-order valence-corrected chi connectivity index (χ2v) is 5.79. The van der Waals surface area contributed by atoms with E-state index >= 15 is 0 Å². The molecule has 0 bridgehead atoms. The van der Waals surface area contributed by atoms with E-state index in [-0.39, 0.29) is 0 Å². The second-order valence-electron chi connectivity index (χ2n) is 5.79. The maximum atomic E-state index is 5.13. The van der Waals surface area contributed by atoms with Crippen LogP contribution in [0.3, 0.4) is 0 Å². The first-order chi connectivity index (χ1) is 9.76. The summed E-state index contributed by atoms with van der Waals surface area (Å²) in [6.45, 7) is 7.43. The van der Waals surface area contributed by atoms with Crippen LogP contribution in [0.2, 0.25) is 0 Å². The Morgan fingerprint density at radius 3 is 2.50 bits per heavy atom. The molecule has 114 valence electrons. The van der Waals surface area contributed by atoms with Gasteiger partial charge in [-0.15, -0.1) is 0 Å². The van der Waals surface area contributed by atoms with Crippen LogP contribution in [-0.2, 0) is 11.2 Å². The molecule has 1 aromatic rings. The lowest BCUT2D eigenvalue weighted by Gasteiger charge is -2.34. The normalized spacial score (nSPS) is 14.2. The highest BCUT2D eigenvalue weighted by molar-refractivity contribution is 5.16. The third-order valence-corrected chi connectivity index (χ3v) is 4.22. The van der Waals surface area contributed by atoms with Gasteiger partial charge in [0, 0.05) is 20.2 Å². The van der Waals surface area contributed by atoms with Gasteiger partial charge in [0.15, 0.2) is 0 Å². The van der Waals surface area contributed by atoms with E-state index in [0.717, 1.165) is 19.7 Å². The first-order valence-electron chi connectivity index (χ1n) is 8.00. The van der Waals surface area contributed by atoms with E-state index in [0.29, 0.717) is 5.41 Å². The van der Waals surface area contributed by atoms with Crippen molar-refractivity contribution in [3.8, 4) is 0 Å². The van der Waals surface area contributed by atoms with Gasteiger partial charge in [-0.3, -0.25) is 0 Å². The highest BCUT2D eigenvalue weighted by Crippen LogP contribution is 2.32. The average molecular weight is 277 g/mol. The Kier molecular flexibility index (Phi) is 8.56. The Hall–Kier alpha value is -0.860. The van der Waals surface area contributed by atoms with Crippen molar-refractivity contribution in [2.75, 3.05) is 26.8 Å². The van der Waals surface area contributed by atoms with Crippen molar-refractivity contribution in [3.63, 3.8) is 0 Å². The minimum absolute atomic E-state index is 0.380. The van der Waals surface area contributed by atoms with Crippen LogP contribution in [0.5, 0.6) is 0 Å². The molecule has 0 aliphatic carbocycles. The number of unbranched alkanes of at least 4 members (excludes halogenated alkanes) is 1. The fourth-order valence-corrected chi connectivity index (χ4v) is 2.77. The van der Waals surface area contributed by atoms with E-state index in [1.807, 2.05) is 0 Å². The van der Waals surface area contributed by atoms with Crippen molar-refractivity contribution in [1.82, 2.24) is 5.32 Å². The van der Waals surface area contributed by atoms with E-state index in [4.69, 9.17) is 4.74 Å². The Labute approximate surface area is 124 Å². The number of methoxy groups -OCH3 is 1. The first kappa shape index (κ1) is 17.2. The monoisotopic (exact) mass is 277 g/mol. The number of ether oxygens (including phenoxy) is 1. The minimum atomic E-state index is 0.380. The molecule has 1 atom stereocenters. The topological polar surface area (TPSA) is 21.3 Å². The zero-order chi connectivity index (χ0) is 14.7. The van der Waals surface area contributed by atoms with Gasteiger partial charge in [0.1, 0.15) is 0 Å². The second kappa shape index (κ2) is 9.95. The molecule has 0 radical (unpaired) electrons. The highest BCUT2D eigenvalue weighted by Gasteiger charge is 2.27. The Balaban J connectivity index is 2.65. The van der Waals surface area contributed by atoms with Gasteiger partial charge in [-0.25, -0.2) is 0 Å². The predicted molar refractivity (Wildman–Crippen MR) is 87.1 cm³/mol. The van der Waals surface area contributed by atoms with Gasteiger partial charge in [-0.1, -0.05) is 57.0 Å². The number of nitrogens with one attached hydrogen (secondary N) is 1. The summed E-state index contributed by atoms with van der Waals surface area (Å²) in [4.78, 5) is 0. The van der Waals surface area contributed by atoms with Crippen molar-refractivity contribution in [3.05, 3.63) is 35.9 Å². The van der Waals surface area contributed by atoms with Crippen molar-refractivity contribution >= 4 is 0 Å². The summed E-state index contributed by atoms with van der Waals surface area (Å²) in [6, 6.07) is 10.9. The summed E-state index contributed by atoms with van der Waals surface area (Å²) in [5.74, 6) is 0. The lowest BCUT2D eigenvalue weighted by atomic mass is 9.75. The summed E-state index contributed by atoms with van der Waals surface area (Å²) in [7, 11) is 1.76. The zero-order valence-electron chi connectivity index (χ0n) is 13.5. The van der Waals surface area contributed by atoms with Crippen LogP contribution in [0.1, 0.15) is 45.1 Å². The first-order valence-corrected chi connectivity index (χ1v) is 8.00. The maximum Gasteiger partial charge on any atom is 0.0587 e. The smallest absolute Gasteiger partial charge is 0.0587 e. The van der Waals surface area contributed by atoms with Crippen LogP contribution in [0.15, 0.2) is 30.3 Å². The Bertz CT molecular complexity index is 339. The van der Waals surface area contributed by atoms with E-state index in [9.17, 15) is 0 Å². The lowest BCUT2D eigenvalue weighted by molar-refractivity contribution is 0.182. The number of hydrogen-bond donors (Lipinski definition) is 1. The van der Waals surface area contributed by atoms with Crippen molar-refractivity contribution in [2.45, 2.75) is 46.0 Å². The third-order valence-electron chi connectivity index (χ3n) is 4.22. The summed E-state index contributed by atoms with van der Waals surface area (Å²) < 4.78 is 5.13. The van der Waals surface area contributed by atoms with Gasteiger partial charge in [-0.05, 0) is 30.2 Å². The molecule has 0 heterocycles. The van der Waals surface area contributed by atoms with Crippen LogP contribution in [0, 0.1) is 5.41 Å². The number of benzene rings is 1. The molecule has 2 heteroatoms. The van der Waals surface area contributed by atoms with Gasteiger partial charge < -0.3 is 10.1 Å². The van der Waals surface area contributed by atoms with E-state index in [2.05, 4.69) is 49.5 Å².